The number of urea groups is 1. The van der Waals surface area contributed by atoms with Gasteiger partial charge in [0.05, 0.1) is 4.90 Å². The van der Waals surface area contributed by atoms with Crippen LogP contribution < -0.4 is 5.32 Å². The number of nitrogens with zero attached hydrogens (tertiary/aromatic N) is 2. The average molecular weight is 391 g/mol. The molecule has 1 heterocycles. The Bertz CT molecular complexity index is 937. The fourth-order valence-electron chi connectivity index (χ4n) is 2.89. The lowest BCUT2D eigenvalue weighted by molar-refractivity contribution is 0.184. The first-order valence-electron chi connectivity index (χ1n) is 8.66. The van der Waals surface area contributed by atoms with E-state index in [1.807, 2.05) is 13.8 Å². The van der Waals surface area contributed by atoms with Crippen LogP contribution in [0.1, 0.15) is 11.1 Å². The summed E-state index contributed by atoms with van der Waals surface area (Å²) in [5, 5.41) is 2.69. The number of rotatable bonds is 3. The maximum Gasteiger partial charge on any atom is 0.321 e. The quantitative estimate of drug-likeness (QED) is 0.875. The standard InChI is InChI=1S/C19H22FN3O3S/c1-14-3-8-18(13-15(14)2)27(25,26)23-11-9-22(10-12-23)19(24)21-17-6-4-16(20)5-7-17/h3-8,13H,9-12H2,1-2H3,(H,21,24). The minimum Gasteiger partial charge on any atom is -0.322 e. The van der Waals surface area contributed by atoms with Gasteiger partial charge in [-0.05, 0) is 61.4 Å². The third kappa shape index (κ3) is 4.28. The summed E-state index contributed by atoms with van der Waals surface area (Å²) in [6.45, 7) is 4.85. The number of halogens is 1. The minimum atomic E-state index is -3.58. The molecule has 0 bridgehead atoms. The van der Waals surface area contributed by atoms with Crippen LogP contribution in [0, 0.1) is 19.7 Å². The highest BCUT2D eigenvalue weighted by Gasteiger charge is 2.30. The second-order valence-electron chi connectivity index (χ2n) is 6.57. The zero-order chi connectivity index (χ0) is 19.6. The zero-order valence-corrected chi connectivity index (χ0v) is 16.1. The number of hydrogen-bond acceptors (Lipinski definition) is 3. The van der Waals surface area contributed by atoms with Gasteiger partial charge in [0.2, 0.25) is 10.0 Å². The number of sulfonamides is 1. The van der Waals surface area contributed by atoms with Gasteiger partial charge in [-0.15, -0.1) is 0 Å². The summed E-state index contributed by atoms with van der Waals surface area (Å²) >= 11 is 0. The van der Waals surface area contributed by atoms with Gasteiger partial charge in [0.25, 0.3) is 0 Å². The van der Waals surface area contributed by atoms with Gasteiger partial charge in [-0.25, -0.2) is 17.6 Å². The van der Waals surface area contributed by atoms with E-state index < -0.39 is 10.0 Å². The summed E-state index contributed by atoms with van der Waals surface area (Å²) in [5.41, 5.74) is 2.45. The van der Waals surface area contributed by atoms with Crippen LogP contribution in [0.2, 0.25) is 0 Å². The molecule has 0 aliphatic carbocycles. The number of aryl methyl sites for hydroxylation is 2. The largest absolute Gasteiger partial charge is 0.322 e. The van der Waals surface area contributed by atoms with Crippen LogP contribution in [0.15, 0.2) is 47.4 Å². The van der Waals surface area contributed by atoms with E-state index in [1.165, 1.54) is 28.6 Å². The number of carbonyl (C=O) groups excluding carboxylic acids is 1. The molecule has 0 atom stereocenters. The first-order chi connectivity index (χ1) is 12.8. The van der Waals surface area contributed by atoms with Crippen LogP contribution in [-0.4, -0.2) is 49.8 Å². The van der Waals surface area contributed by atoms with E-state index in [4.69, 9.17) is 0 Å². The molecule has 8 heteroatoms. The Kier molecular flexibility index (Phi) is 5.48. The highest BCUT2D eigenvalue weighted by Crippen LogP contribution is 2.21. The second-order valence-corrected chi connectivity index (χ2v) is 8.51. The lowest BCUT2D eigenvalue weighted by Crippen LogP contribution is -2.51. The molecule has 1 fully saturated rings. The van der Waals surface area contributed by atoms with Gasteiger partial charge in [-0.3, -0.25) is 0 Å². The highest BCUT2D eigenvalue weighted by atomic mass is 32.2. The molecule has 0 saturated carbocycles. The molecule has 1 saturated heterocycles. The normalized spacial score (nSPS) is 15.6. The molecule has 1 aliphatic heterocycles. The van der Waals surface area contributed by atoms with Crippen LogP contribution in [-0.2, 0) is 10.0 Å². The minimum absolute atomic E-state index is 0.228. The topological polar surface area (TPSA) is 69.7 Å². The molecule has 6 nitrogen and oxygen atoms in total. The molecular weight excluding hydrogens is 369 g/mol. The zero-order valence-electron chi connectivity index (χ0n) is 15.3. The lowest BCUT2D eigenvalue weighted by Gasteiger charge is -2.34. The molecule has 0 aromatic heterocycles. The number of hydrogen-bond donors (Lipinski definition) is 1. The maximum absolute atomic E-state index is 12.9. The third-order valence-electron chi connectivity index (χ3n) is 4.74. The van der Waals surface area contributed by atoms with Crippen LogP contribution in [0.3, 0.4) is 0 Å². The Balaban J connectivity index is 1.63. The number of nitrogens with one attached hydrogen (secondary N) is 1. The van der Waals surface area contributed by atoms with Crippen molar-refractivity contribution in [3.05, 3.63) is 59.4 Å². The first-order valence-corrected chi connectivity index (χ1v) is 10.1. The fourth-order valence-corrected chi connectivity index (χ4v) is 4.40. The number of anilines is 1. The molecule has 0 unspecified atom stereocenters. The SMILES string of the molecule is Cc1ccc(S(=O)(=O)N2CCN(C(=O)Nc3ccc(F)cc3)CC2)cc1C. The predicted molar refractivity (Wildman–Crippen MR) is 102 cm³/mol. The lowest BCUT2D eigenvalue weighted by atomic mass is 10.1. The van der Waals surface area contributed by atoms with Gasteiger partial charge in [0.1, 0.15) is 5.82 Å². The summed E-state index contributed by atoms with van der Waals surface area (Å²) in [7, 11) is -3.58. The van der Waals surface area contributed by atoms with Gasteiger partial charge < -0.3 is 10.2 Å². The van der Waals surface area contributed by atoms with Crippen molar-refractivity contribution in [3.63, 3.8) is 0 Å². The molecule has 1 aliphatic rings. The fraction of sp³-hybridized carbons (Fsp3) is 0.316. The third-order valence-corrected chi connectivity index (χ3v) is 6.63. The Morgan fingerprint density at radius 2 is 1.59 bits per heavy atom. The Morgan fingerprint density at radius 1 is 0.963 bits per heavy atom. The van der Waals surface area contributed by atoms with Crippen molar-refractivity contribution in [2.24, 2.45) is 0 Å². The number of amides is 2. The van der Waals surface area contributed by atoms with E-state index in [-0.39, 0.29) is 42.9 Å². The molecule has 27 heavy (non-hydrogen) atoms. The monoisotopic (exact) mass is 391 g/mol. The van der Waals surface area contributed by atoms with Gasteiger partial charge in [0, 0.05) is 31.9 Å². The van der Waals surface area contributed by atoms with Crippen molar-refractivity contribution >= 4 is 21.7 Å². The van der Waals surface area contributed by atoms with Crippen molar-refractivity contribution < 1.29 is 17.6 Å². The molecule has 1 N–H and O–H groups in total. The first kappa shape index (κ1) is 19.3. The highest BCUT2D eigenvalue weighted by molar-refractivity contribution is 7.89. The molecule has 144 valence electrons. The Morgan fingerprint density at radius 3 is 2.19 bits per heavy atom. The summed E-state index contributed by atoms with van der Waals surface area (Å²) in [4.78, 5) is 14.1. The Hall–Kier alpha value is -2.45. The van der Waals surface area contributed by atoms with Crippen molar-refractivity contribution in [1.82, 2.24) is 9.21 Å². The number of benzene rings is 2. The van der Waals surface area contributed by atoms with E-state index in [2.05, 4.69) is 5.32 Å². The van der Waals surface area contributed by atoms with Gasteiger partial charge >= 0.3 is 6.03 Å². The maximum atomic E-state index is 12.9. The summed E-state index contributed by atoms with van der Waals surface area (Å²) in [6, 6.07) is 10.3. The molecule has 0 radical (unpaired) electrons. The van der Waals surface area contributed by atoms with E-state index in [0.29, 0.717) is 5.69 Å². The van der Waals surface area contributed by atoms with Crippen molar-refractivity contribution in [2.45, 2.75) is 18.7 Å². The van der Waals surface area contributed by atoms with Crippen LogP contribution in [0.4, 0.5) is 14.9 Å². The van der Waals surface area contributed by atoms with Gasteiger partial charge in [-0.1, -0.05) is 6.07 Å². The van der Waals surface area contributed by atoms with Gasteiger partial charge in [0.15, 0.2) is 0 Å². The molecule has 3 rings (SSSR count). The van der Waals surface area contributed by atoms with Crippen molar-refractivity contribution in [1.29, 1.82) is 0 Å². The van der Waals surface area contributed by atoms with Crippen LogP contribution >= 0.6 is 0 Å². The summed E-state index contributed by atoms with van der Waals surface area (Å²) < 4.78 is 40.0. The molecular formula is C19H22FN3O3S. The van der Waals surface area contributed by atoms with E-state index in [0.717, 1.165) is 11.1 Å². The molecule has 2 amide bonds. The van der Waals surface area contributed by atoms with Crippen molar-refractivity contribution in [2.75, 3.05) is 31.5 Å². The van der Waals surface area contributed by atoms with Crippen molar-refractivity contribution in [3.8, 4) is 0 Å². The molecule has 0 spiro atoms. The predicted octanol–water partition coefficient (Wildman–Crippen LogP) is 2.98. The van der Waals surface area contributed by atoms with Crippen LogP contribution in [0.25, 0.3) is 0 Å². The summed E-state index contributed by atoms with van der Waals surface area (Å²) in [6.07, 6.45) is 0. The smallest absolute Gasteiger partial charge is 0.321 e. The summed E-state index contributed by atoms with van der Waals surface area (Å²) in [5.74, 6) is -0.377. The number of carbonyl (C=O) groups is 1. The second kappa shape index (κ2) is 7.66. The number of piperazine rings is 1. The average Bonchev–Trinajstić information content (AvgIpc) is 2.66. The van der Waals surface area contributed by atoms with Crippen LogP contribution in [0.5, 0.6) is 0 Å². The van der Waals surface area contributed by atoms with Gasteiger partial charge in [-0.2, -0.15) is 4.31 Å². The van der Waals surface area contributed by atoms with E-state index in [1.54, 1.807) is 23.1 Å². The molecule has 2 aromatic carbocycles. The van der Waals surface area contributed by atoms with E-state index in [9.17, 15) is 17.6 Å². The molecule has 2 aromatic rings. The Labute approximate surface area is 158 Å². The van der Waals surface area contributed by atoms with E-state index >= 15 is 0 Å².